The Morgan fingerprint density at radius 1 is 1.13 bits per heavy atom. The molecule has 2 aliphatic heterocycles. The zero-order chi connectivity index (χ0) is 16.3. The van der Waals surface area contributed by atoms with Crippen LogP contribution in [0.2, 0.25) is 0 Å². The van der Waals surface area contributed by atoms with Gasteiger partial charge >= 0.3 is 0 Å². The molecule has 0 bridgehead atoms. The van der Waals surface area contributed by atoms with Gasteiger partial charge in [-0.1, -0.05) is 20.8 Å². The molecule has 0 saturated carbocycles. The quantitative estimate of drug-likeness (QED) is 0.844. The van der Waals surface area contributed by atoms with Gasteiger partial charge in [0.1, 0.15) is 0 Å². The second kappa shape index (κ2) is 7.60. The Kier molecular flexibility index (Phi) is 5.73. The van der Waals surface area contributed by atoms with Crippen molar-refractivity contribution in [3.8, 4) is 0 Å². The van der Waals surface area contributed by atoms with E-state index < -0.39 is 0 Å². The first-order valence-electron chi connectivity index (χ1n) is 8.98. The summed E-state index contributed by atoms with van der Waals surface area (Å²) in [7, 11) is 0. The SMILES string of the molecule is CC(C)(C)c1nc(CN2CCC(CN3CCOCC3)CC2)cs1. The summed E-state index contributed by atoms with van der Waals surface area (Å²) >= 11 is 1.81. The molecule has 0 N–H and O–H groups in total. The maximum absolute atomic E-state index is 5.44. The van der Waals surface area contributed by atoms with Crippen LogP contribution in [0.1, 0.15) is 44.3 Å². The van der Waals surface area contributed by atoms with Gasteiger partial charge in [0.15, 0.2) is 0 Å². The predicted molar refractivity (Wildman–Crippen MR) is 96.1 cm³/mol. The monoisotopic (exact) mass is 337 g/mol. The fourth-order valence-corrected chi connectivity index (χ4v) is 4.33. The number of likely N-dealkylation sites (tertiary alicyclic amines) is 1. The third kappa shape index (κ3) is 4.99. The van der Waals surface area contributed by atoms with Gasteiger partial charge in [0.25, 0.3) is 0 Å². The van der Waals surface area contributed by atoms with Gasteiger partial charge in [0.05, 0.1) is 23.9 Å². The average molecular weight is 338 g/mol. The van der Waals surface area contributed by atoms with Crippen LogP contribution in [0.25, 0.3) is 0 Å². The van der Waals surface area contributed by atoms with Crippen molar-refractivity contribution in [3.05, 3.63) is 16.1 Å². The van der Waals surface area contributed by atoms with Crippen molar-refractivity contribution in [2.24, 2.45) is 5.92 Å². The molecular formula is C18H31N3OS. The molecule has 0 spiro atoms. The van der Waals surface area contributed by atoms with E-state index in [1.165, 1.54) is 43.2 Å². The molecule has 130 valence electrons. The van der Waals surface area contributed by atoms with Crippen LogP contribution in [-0.2, 0) is 16.7 Å². The number of aromatic nitrogens is 1. The smallest absolute Gasteiger partial charge is 0.0982 e. The van der Waals surface area contributed by atoms with E-state index in [-0.39, 0.29) is 5.41 Å². The van der Waals surface area contributed by atoms with E-state index in [2.05, 4.69) is 36.0 Å². The van der Waals surface area contributed by atoms with Gasteiger partial charge in [-0.3, -0.25) is 9.80 Å². The third-order valence-electron chi connectivity index (χ3n) is 4.91. The van der Waals surface area contributed by atoms with Crippen LogP contribution in [0.5, 0.6) is 0 Å². The highest BCUT2D eigenvalue weighted by Gasteiger charge is 2.24. The van der Waals surface area contributed by atoms with Crippen molar-refractivity contribution in [3.63, 3.8) is 0 Å². The minimum absolute atomic E-state index is 0.175. The molecule has 2 saturated heterocycles. The Bertz CT molecular complexity index is 483. The lowest BCUT2D eigenvalue weighted by Crippen LogP contribution is -2.42. The van der Waals surface area contributed by atoms with E-state index in [1.807, 2.05) is 11.3 Å². The third-order valence-corrected chi connectivity index (χ3v) is 6.22. The lowest BCUT2D eigenvalue weighted by Gasteiger charge is -2.35. The number of thiazole rings is 1. The van der Waals surface area contributed by atoms with Gasteiger partial charge in [-0.25, -0.2) is 4.98 Å². The van der Waals surface area contributed by atoms with E-state index in [0.29, 0.717) is 0 Å². The topological polar surface area (TPSA) is 28.6 Å². The van der Waals surface area contributed by atoms with Crippen LogP contribution in [0.4, 0.5) is 0 Å². The molecule has 1 aromatic rings. The molecule has 23 heavy (non-hydrogen) atoms. The maximum Gasteiger partial charge on any atom is 0.0982 e. The first-order valence-corrected chi connectivity index (χ1v) is 9.86. The van der Waals surface area contributed by atoms with E-state index in [4.69, 9.17) is 9.72 Å². The molecule has 5 heteroatoms. The molecule has 3 heterocycles. The van der Waals surface area contributed by atoms with Crippen molar-refractivity contribution in [2.45, 2.75) is 45.6 Å². The number of ether oxygens (including phenoxy) is 1. The van der Waals surface area contributed by atoms with E-state index in [9.17, 15) is 0 Å². The van der Waals surface area contributed by atoms with Gasteiger partial charge in [0, 0.05) is 37.0 Å². The number of hydrogen-bond acceptors (Lipinski definition) is 5. The Morgan fingerprint density at radius 2 is 1.83 bits per heavy atom. The molecule has 1 aromatic heterocycles. The van der Waals surface area contributed by atoms with Gasteiger partial charge in [-0.15, -0.1) is 11.3 Å². The van der Waals surface area contributed by atoms with Gasteiger partial charge in [-0.05, 0) is 31.8 Å². The molecular weight excluding hydrogens is 306 g/mol. The number of rotatable bonds is 4. The second-order valence-corrected chi connectivity index (χ2v) is 8.88. The highest BCUT2D eigenvalue weighted by atomic mass is 32.1. The normalized spacial score (nSPS) is 22.6. The molecule has 0 aromatic carbocycles. The highest BCUT2D eigenvalue weighted by molar-refractivity contribution is 7.09. The average Bonchev–Trinajstić information content (AvgIpc) is 2.99. The summed E-state index contributed by atoms with van der Waals surface area (Å²) in [5, 5.41) is 3.51. The first-order chi connectivity index (χ1) is 11.0. The van der Waals surface area contributed by atoms with E-state index >= 15 is 0 Å². The summed E-state index contributed by atoms with van der Waals surface area (Å²) in [4.78, 5) is 10.0. The lowest BCUT2D eigenvalue weighted by molar-refractivity contribution is 0.0241. The Hall–Kier alpha value is -0.490. The lowest BCUT2D eigenvalue weighted by atomic mass is 9.96. The largest absolute Gasteiger partial charge is 0.379 e. The molecule has 2 aliphatic rings. The fourth-order valence-electron chi connectivity index (χ4n) is 3.43. The Balaban J connectivity index is 1.43. The molecule has 0 amide bonds. The first kappa shape index (κ1) is 17.3. The summed E-state index contributed by atoms with van der Waals surface area (Å²) in [5.74, 6) is 0.866. The molecule has 0 radical (unpaired) electrons. The summed E-state index contributed by atoms with van der Waals surface area (Å²) in [6.45, 7) is 15.5. The molecule has 2 fully saturated rings. The van der Waals surface area contributed by atoms with Crippen molar-refractivity contribution in [1.29, 1.82) is 0 Å². The van der Waals surface area contributed by atoms with Gasteiger partial charge in [-0.2, -0.15) is 0 Å². The van der Waals surface area contributed by atoms with Crippen LogP contribution in [0, 0.1) is 5.92 Å². The number of piperidine rings is 1. The predicted octanol–water partition coefficient (Wildman–Crippen LogP) is 2.98. The van der Waals surface area contributed by atoms with Crippen molar-refractivity contribution >= 4 is 11.3 Å². The van der Waals surface area contributed by atoms with Crippen molar-refractivity contribution < 1.29 is 4.74 Å². The van der Waals surface area contributed by atoms with Crippen LogP contribution in [-0.4, -0.2) is 60.7 Å². The van der Waals surface area contributed by atoms with Crippen LogP contribution in [0.3, 0.4) is 0 Å². The summed E-state index contributed by atoms with van der Waals surface area (Å²) in [5.41, 5.74) is 1.43. The second-order valence-electron chi connectivity index (χ2n) is 8.03. The van der Waals surface area contributed by atoms with E-state index in [0.717, 1.165) is 38.8 Å². The highest BCUT2D eigenvalue weighted by Crippen LogP contribution is 2.27. The number of morpholine rings is 1. The Labute approximate surface area is 144 Å². The number of hydrogen-bond donors (Lipinski definition) is 0. The minimum atomic E-state index is 0.175. The molecule has 3 rings (SSSR count). The minimum Gasteiger partial charge on any atom is -0.379 e. The van der Waals surface area contributed by atoms with Gasteiger partial charge < -0.3 is 4.74 Å². The molecule has 0 aliphatic carbocycles. The molecule has 0 unspecified atom stereocenters. The maximum atomic E-state index is 5.44. The van der Waals surface area contributed by atoms with Crippen LogP contribution in [0.15, 0.2) is 5.38 Å². The molecule has 4 nitrogen and oxygen atoms in total. The van der Waals surface area contributed by atoms with Crippen LogP contribution < -0.4 is 0 Å². The zero-order valence-electron chi connectivity index (χ0n) is 14.9. The zero-order valence-corrected chi connectivity index (χ0v) is 15.7. The summed E-state index contributed by atoms with van der Waals surface area (Å²) in [6, 6.07) is 0. The van der Waals surface area contributed by atoms with Crippen molar-refractivity contribution in [1.82, 2.24) is 14.8 Å². The number of nitrogens with zero attached hydrogens (tertiary/aromatic N) is 3. The van der Waals surface area contributed by atoms with Gasteiger partial charge in [0.2, 0.25) is 0 Å². The fraction of sp³-hybridized carbons (Fsp3) is 0.833. The summed E-state index contributed by atoms with van der Waals surface area (Å²) < 4.78 is 5.44. The molecule has 0 atom stereocenters. The van der Waals surface area contributed by atoms with Crippen molar-refractivity contribution in [2.75, 3.05) is 45.9 Å². The van der Waals surface area contributed by atoms with E-state index in [1.54, 1.807) is 0 Å². The summed E-state index contributed by atoms with van der Waals surface area (Å²) in [6.07, 6.45) is 2.65. The van der Waals surface area contributed by atoms with Crippen LogP contribution >= 0.6 is 11.3 Å². The standard InChI is InChI=1S/C18H31N3OS/c1-18(2,3)17-19-16(14-23-17)13-20-6-4-15(5-7-20)12-21-8-10-22-11-9-21/h14-15H,4-13H2,1-3H3. The Morgan fingerprint density at radius 3 is 2.43 bits per heavy atom.